The van der Waals surface area contributed by atoms with E-state index in [1.165, 1.54) is 4.57 Å². The number of nitrogens with zero attached hydrogens (tertiary/aromatic N) is 1. The Morgan fingerprint density at radius 1 is 1.24 bits per heavy atom. The number of fused-ring (bicyclic) bond motifs is 1. The summed E-state index contributed by atoms with van der Waals surface area (Å²) in [5.74, 6) is -0.394. The van der Waals surface area contributed by atoms with Crippen LogP contribution in [0.2, 0.25) is 5.02 Å². The predicted molar refractivity (Wildman–Crippen MR) is 88.3 cm³/mol. The summed E-state index contributed by atoms with van der Waals surface area (Å²) in [6.07, 6.45) is 0. The topological polar surface area (TPSA) is 35.1 Å². The van der Waals surface area contributed by atoms with Crippen LogP contribution in [-0.4, -0.2) is 4.57 Å². The summed E-state index contributed by atoms with van der Waals surface area (Å²) in [6.45, 7) is 0. The number of benzene rings is 2. The lowest BCUT2D eigenvalue weighted by molar-refractivity contribution is 0.528. The van der Waals surface area contributed by atoms with E-state index in [1.807, 2.05) is 24.3 Å². The van der Waals surface area contributed by atoms with Crippen molar-refractivity contribution in [3.63, 3.8) is 0 Å². The minimum absolute atomic E-state index is 0.394. The molecule has 0 bridgehead atoms. The van der Waals surface area contributed by atoms with E-state index in [9.17, 15) is 4.79 Å². The molecule has 1 aromatic heterocycles. The molecule has 0 aliphatic heterocycles. The summed E-state index contributed by atoms with van der Waals surface area (Å²) in [7, 11) is 1.66. The molecule has 1 atom stereocenters. The van der Waals surface area contributed by atoms with E-state index in [-0.39, 0.29) is 0 Å². The lowest BCUT2D eigenvalue weighted by Gasteiger charge is -2.12. The number of hydrogen-bond acceptors (Lipinski definition) is 2. The summed E-state index contributed by atoms with van der Waals surface area (Å²) in [5.41, 5.74) is 2.87. The molecule has 108 valence electrons. The van der Waals surface area contributed by atoms with Crippen molar-refractivity contribution in [2.24, 2.45) is 7.05 Å². The van der Waals surface area contributed by atoms with Gasteiger partial charge in [-0.3, -0.25) is 4.57 Å². The predicted octanol–water partition coefficient (Wildman–Crippen LogP) is 4.88. The van der Waals surface area contributed by atoms with Crippen LogP contribution in [0.5, 0.6) is 0 Å². The third-order valence-corrected chi connectivity index (χ3v) is 4.65. The molecule has 3 aromatic rings. The molecule has 2 aromatic carbocycles. The standard InChI is InChI=1S/C15H10BrCl2NO2/c1-19-12-5-2-8(6-13(12)21-15(19)20)14(18)10-4-3-9(16)7-11(10)17/h2-7,14H,1H3. The van der Waals surface area contributed by atoms with Crippen LogP contribution in [0.3, 0.4) is 0 Å². The van der Waals surface area contributed by atoms with Crippen molar-refractivity contribution in [2.45, 2.75) is 5.38 Å². The zero-order chi connectivity index (χ0) is 15.1. The van der Waals surface area contributed by atoms with Gasteiger partial charge >= 0.3 is 5.76 Å². The number of rotatable bonds is 2. The second kappa shape index (κ2) is 5.52. The maximum atomic E-state index is 11.5. The third kappa shape index (κ3) is 2.63. The summed E-state index contributed by atoms with van der Waals surface area (Å²) in [5, 5.41) is 0.166. The minimum atomic E-state index is -0.416. The van der Waals surface area contributed by atoms with Gasteiger partial charge in [0.1, 0.15) is 0 Å². The zero-order valence-corrected chi connectivity index (χ0v) is 14.0. The Labute approximate surface area is 139 Å². The Morgan fingerprint density at radius 2 is 2.00 bits per heavy atom. The van der Waals surface area contributed by atoms with Gasteiger partial charge in [-0.1, -0.05) is 39.7 Å². The fraction of sp³-hybridized carbons (Fsp3) is 0.133. The van der Waals surface area contributed by atoms with Gasteiger partial charge in [0.2, 0.25) is 0 Å². The number of halogens is 3. The Bertz CT molecular complexity index is 885. The molecular formula is C15H10BrCl2NO2. The van der Waals surface area contributed by atoms with Gasteiger partial charge in [-0.25, -0.2) is 4.79 Å². The highest BCUT2D eigenvalue weighted by Gasteiger charge is 2.16. The summed E-state index contributed by atoms with van der Waals surface area (Å²) in [6, 6.07) is 11.0. The first-order valence-electron chi connectivity index (χ1n) is 6.16. The first-order chi connectivity index (χ1) is 9.97. The molecule has 0 amide bonds. The maximum absolute atomic E-state index is 11.5. The van der Waals surface area contributed by atoms with Crippen molar-refractivity contribution in [3.8, 4) is 0 Å². The largest absolute Gasteiger partial charge is 0.419 e. The second-order valence-corrected chi connectivity index (χ2v) is 6.44. The zero-order valence-electron chi connectivity index (χ0n) is 10.9. The van der Waals surface area contributed by atoms with E-state index in [0.29, 0.717) is 10.6 Å². The van der Waals surface area contributed by atoms with Gasteiger partial charge in [-0.15, -0.1) is 11.6 Å². The Balaban J connectivity index is 2.09. The molecule has 21 heavy (non-hydrogen) atoms. The third-order valence-electron chi connectivity index (χ3n) is 3.34. The molecule has 0 spiro atoms. The van der Waals surface area contributed by atoms with Crippen LogP contribution < -0.4 is 5.76 Å². The van der Waals surface area contributed by atoms with Crippen molar-refractivity contribution in [3.05, 3.63) is 67.6 Å². The first-order valence-corrected chi connectivity index (χ1v) is 7.76. The molecule has 3 nitrogen and oxygen atoms in total. The van der Waals surface area contributed by atoms with E-state index in [1.54, 1.807) is 19.2 Å². The monoisotopic (exact) mass is 385 g/mol. The van der Waals surface area contributed by atoms with Gasteiger partial charge in [0.15, 0.2) is 5.58 Å². The quantitative estimate of drug-likeness (QED) is 0.588. The van der Waals surface area contributed by atoms with E-state index in [2.05, 4.69) is 15.9 Å². The van der Waals surface area contributed by atoms with Gasteiger partial charge in [0.25, 0.3) is 0 Å². The van der Waals surface area contributed by atoms with Gasteiger partial charge in [0.05, 0.1) is 10.9 Å². The average Bonchev–Trinajstić information content (AvgIpc) is 2.73. The van der Waals surface area contributed by atoms with Gasteiger partial charge < -0.3 is 4.42 Å². The van der Waals surface area contributed by atoms with Crippen LogP contribution in [0.15, 0.2) is 50.1 Å². The molecule has 0 aliphatic rings. The number of hydrogen-bond donors (Lipinski definition) is 0. The molecule has 0 aliphatic carbocycles. The molecule has 1 heterocycles. The van der Waals surface area contributed by atoms with E-state index in [4.69, 9.17) is 27.6 Å². The molecular weight excluding hydrogens is 377 g/mol. The van der Waals surface area contributed by atoms with Crippen LogP contribution in [0.25, 0.3) is 11.1 Å². The van der Waals surface area contributed by atoms with Gasteiger partial charge in [0, 0.05) is 16.5 Å². The Hall–Kier alpha value is -1.23. The fourth-order valence-corrected chi connectivity index (χ4v) is 3.36. The fourth-order valence-electron chi connectivity index (χ4n) is 2.19. The first kappa shape index (κ1) is 14.7. The van der Waals surface area contributed by atoms with E-state index in [0.717, 1.165) is 21.1 Å². The van der Waals surface area contributed by atoms with Crippen LogP contribution >= 0.6 is 39.1 Å². The number of aromatic nitrogens is 1. The average molecular weight is 387 g/mol. The summed E-state index contributed by atoms with van der Waals surface area (Å²) < 4.78 is 7.53. The SMILES string of the molecule is Cn1c(=O)oc2cc(C(Cl)c3ccc(Br)cc3Cl)ccc21. The maximum Gasteiger partial charge on any atom is 0.419 e. The number of oxazole rings is 1. The molecule has 0 N–H and O–H groups in total. The van der Waals surface area contributed by atoms with Crippen molar-refractivity contribution >= 4 is 50.2 Å². The molecule has 3 rings (SSSR count). The molecule has 0 saturated heterocycles. The Kier molecular flexibility index (Phi) is 3.86. The minimum Gasteiger partial charge on any atom is -0.408 e. The molecule has 0 fully saturated rings. The van der Waals surface area contributed by atoms with Crippen molar-refractivity contribution in [1.82, 2.24) is 4.57 Å². The van der Waals surface area contributed by atoms with Crippen LogP contribution in [0, 0.1) is 0 Å². The van der Waals surface area contributed by atoms with Crippen molar-refractivity contribution in [2.75, 3.05) is 0 Å². The highest BCUT2D eigenvalue weighted by Crippen LogP contribution is 2.35. The number of aryl methyl sites for hydroxylation is 1. The normalized spacial score (nSPS) is 12.8. The van der Waals surface area contributed by atoms with E-state index >= 15 is 0 Å². The molecule has 0 saturated carbocycles. The highest BCUT2D eigenvalue weighted by atomic mass is 79.9. The van der Waals surface area contributed by atoms with Gasteiger partial charge in [-0.05, 0) is 35.4 Å². The van der Waals surface area contributed by atoms with Crippen LogP contribution in [0.4, 0.5) is 0 Å². The molecule has 6 heteroatoms. The lowest BCUT2D eigenvalue weighted by Crippen LogP contribution is -2.08. The smallest absolute Gasteiger partial charge is 0.408 e. The van der Waals surface area contributed by atoms with E-state index < -0.39 is 11.1 Å². The Morgan fingerprint density at radius 3 is 2.71 bits per heavy atom. The van der Waals surface area contributed by atoms with Crippen molar-refractivity contribution in [1.29, 1.82) is 0 Å². The van der Waals surface area contributed by atoms with Gasteiger partial charge in [-0.2, -0.15) is 0 Å². The lowest BCUT2D eigenvalue weighted by atomic mass is 10.0. The highest BCUT2D eigenvalue weighted by molar-refractivity contribution is 9.10. The summed E-state index contributed by atoms with van der Waals surface area (Å²) in [4.78, 5) is 11.5. The van der Waals surface area contributed by atoms with Crippen LogP contribution in [-0.2, 0) is 7.05 Å². The molecule has 1 unspecified atom stereocenters. The second-order valence-electron chi connectivity index (χ2n) is 4.68. The molecule has 0 radical (unpaired) electrons. The number of alkyl halides is 1. The van der Waals surface area contributed by atoms with Crippen molar-refractivity contribution < 1.29 is 4.42 Å². The van der Waals surface area contributed by atoms with Crippen LogP contribution in [0.1, 0.15) is 16.5 Å². The summed E-state index contributed by atoms with van der Waals surface area (Å²) >= 11 is 16.1.